The minimum Gasteiger partial charge on any atom is -0.430 e. The van der Waals surface area contributed by atoms with Gasteiger partial charge in [-0.1, -0.05) is 11.8 Å². The molecular weight excluding hydrogens is 330 g/mol. The van der Waals surface area contributed by atoms with Crippen LogP contribution in [0.1, 0.15) is 18.9 Å². The van der Waals surface area contributed by atoms with E-state index in [9.17, 15) is 0 Å². The van der Waals surface area contributed by atoms with Crippen LogP contribution in [-0.2, 0) is 4.74 Å². The monoisotopic (exact) mass is 345 g/mol. The molecule has 3 aromatic rings. The molecule has 0 unspecified atom stereocenters. The molecule has 0 fully saturated rings. The van der Waals surface area contributed by atoms with Crippen LogP contribution in [0.15, 0.2) is 58.6 Å². The van der Waals surface area contributed by atoms with Gasteiger partial charge in [0.15, 0.2) is 5.82 Å². The molecule has 2 aromatic heterocycles. The molecule has 0 bridgehead atoms. The smallest absolute Gasteiger partial charge is 0.298 e. The Labute approximate surface area is 142 Å². The van der Waals surface area contributed by atoms with Crippen molar-refractivity contribution in [1.29, 1.82) is 0 Å². The van der Waals surface area contributed by atoms with Crippen molar-refractivity contribution in [3.8, 4) is 10.9 Å². The number of methoxy groups -OCH3 is 1. The third-order valence-corrected chi connectivity index (χ3v) is 4.68. The van der Waals surface area contributed by atoms with E-state index >= 15 is 0 Å². The maximum absolute atomic E-state index is 5.73. The van der Waals surface area contributed by atoms with Gasteiger partial charge < -0.3 is 9.47 Å². The zero-order valence-corrected chi connectivity index (χ0v) is 14.3. The van der Waals surface area contributed by atoms with Crippen LogP contribution in [0, 0.1) is 0 Å². The zero-order chi connectivity index (χ0) is 16.1. The van der Waals surface area contributed by atoms with E-state index in [0.717, 1.165) is 15.5 Å². The van der Waals surface area contributed by atoms with Crippen LogP contribution < -0.4 is 4.74 Å². The summed E-state index contributed by atoms with van der Waals surface area (Å²) in [6.07, 6.45) is 3.43. The summed E-state index contributed by atoms with van der Waals surface area (Å²) in [7, 11) is 1.63. The predicted molar refractivity (Wildman–Crippen MR) is 90.2 cm³/mol. The summed E-state index contributed by atoms with van der Waals surface area (Å²) < 4.78 is 15.1. The first-order valence-electron chi connectivity index (χ1n) is 6.97. The summed E-state index contributed by atoms with van der Waals surface area (Å²) in [6.45, 7) is 1.90. The molecule has 0 saturated carbocycles. The lowest BCUT2D eigenvalue weighted by molar-refractivity contribution is 0.113. The van der Waals surface area contributed by atoms with Crippen molar-refractivity contribution in [2.45, 2.75) is 22.8 Å². The Bertz CT molecular complexity index is 748. The van der Waals surface area contributed by atoms with Gasteiger partial charge in [-0.25, -0.2) is 0 Å². The molecule has 23 heavy (non-hydrogen) atoms. The topological polar surface area (TPSA) is 57.1 Å². The first-order valence-corrected chi connectivity index (χ1v) is 8.56. The van der Waals surface area contributed by atoms with Crippen molar-refractivity contribution >= 4 is 23.3 Å². The second kappa shape index (κ2) is 7.54. The van der Waals surface area contributed by atoms with Gasteiger partial charge in [-0.2, -0.15) is 9.36 Å². The minimum atomic E-state index is -0.136. The third kappa shape index (κ3) is 4.28. The Balaban J connectivity index is 1.64. The van der Waals surface area contributed by atoms with E-state index in [4.69, 9.17) is 9.47 Å². The number of rotatable bonds is 6. The van der Waals surface area contributed by atoms with Gasteiger partial charge in [0.05, 0.1) is 0 Å². The van der Waals surface area contributed by atoms with Gasteiger partial charge in [0, 0.05) is 40.8 Å². The van der Waals surface area contributed by atoms with E-state index in [2.05, 4.69) is 14.3 Å². The van der Waals surface area contributed by atoms with Gasteiger partial charge in [-0.15, -0.1) is 0 Å². The summed E-state index contributed by atoms with van der Waals surface area (Å²) in [5, 5.41) is 0.512. The maximum atomic E-state index is 5.73. The summed E-state index contributed by atoms with van der Waals surface area (Å²) in [5.74, 6) is 1.37. The van der Waals surface area contributed by atoms with Crippen LogP contribution in [-0.4, -0.2) is 21.5 Å². The normalized spacial score (nSPS) is 12.1. The summed E-state index contributed by atoms with van der Waals surface area (Å²) >= 11 is 2.90. The van der Waals surface area contributed by atoms with E-state index in [0.29, 0.717) is 11.0 Å². The first-order chi connectivity index (χ1) is 11.2. The maximum Gasteiger partial charge on any atom is 0.298 e. The fraction of sp³-hybridized carbons (Fsp3) is 0.188. The highest BCUT2D eigenvalue weighted by Crippen LogP contribution is 2.30. The predicted octanol–water partition coefficient (Wildman–Crippen LogP) is 4.58. The molecule has 0 saturated heterocycles. The van der Waals surface area contributed by atoms with Gasteiger partial charge >= 0.3 is 0 Å². The van der Waals surface area contributed by atoms with E-state index in [-0.39, 0.29) is 6.10 Å². The fourth-order valence-electron chi connectivity index (χ4n) is 1.75. The second-order valence-electron chi connectivity index (χ2n) is 4.65. The Morgan fingerprint density at radius 2 is 1.74 bits per heavy atom. The van der Waals surface area contributed by atoms with Crippen molar-refractivity contribution in [2.75, 3.05) is 7.11 Å². The van der Waals surface area contributed by atoms with Crippen LogP contribution in [0.4, 0.5) is 0 Å². The zero-order valence-electron chi connectivity index (χ0n) is 12.7. The summed E-state index contributed by atoms with van der Waals surface area (Å²) in [4.78, 5) is 10.6. The Morgan fingerprint density at radius 1 is 1.04 bits per heavy atom. The number of ether oxygens (including phenoxy) is 2. The molecule has 3 rings (SSSR count). The third-order valence-electron chi connectivity index (χ3n) is 3.05. The lowest BCUT2D eigenvalue weighted by atomic mass is 10.3. The van der Waals surface area contributed by atoms with Crippen LogP contribution in [0.3, 0.4) is 0 Å². The SMILES string of the molecule is CO[C@@H](C)c1nsc(Oc2ccc(Sc3ccncc3)cc2)n1. The number of hydrogen-bond acceptors (Lipinski definition) is 7. The number of aromatic nitrogens is 3. The molecule has 1 aromatic carbocycles. The molecule has 7 heteroatoms. The van der Waals surface area contributed by atoms with Crippen molar-refractivity contribution in [3.05, 3.63) is 54.6 Å². The molecule has 0 N–H and O–H groups in total. The largest absolute Gasteiger partial charge is 0.430 e. The van der Waals surface area contributed by atoms with Crippen molar-refractivity contribution in [2.24, 2.45) is 0 Å². The molecule has 0 radical (unpaired) electrons. The van der Waals surface area contributed by atoms with Gasteiger partial charge in [0.2, 0.25) is 0 Å². The Hall–Kier alpha value is -1.96. The number of nitrogens with zero attached hydrogens (tertiary/aromatic N) is 3. The summed E-state index contributed by atoms with van der Waals surface area (Å²) in [6, 6.07) is 11.8. The highest BCUT2D eigenvalue weighted by molar-refractivity contribution is 7.99. The molecule has 5 nitrogen and oxygen atoms in total. The number of pyridine rings is 1. The van der Waals surface area contributed by atoms with Gasteiger partial charge in [0.25, 0.3) is 5.19 Å². The highest BCUT2D eigenvalue weighted by atomic mass is 32.2. The highest BCUT2D eigenvalue weighted by Gasteiger charge is 2.12. The molecule has 0 aliphatic carbocycles. The van der Waals surface area contributed by atoms with E-state index in [1.807, 2.05) is 43.3 Å². The molecule has 0 amide bonds. The van der Waals surface area contributed by atoms with Crippen molar-refractivity contribution in [1.82, 2.24) is 14.3 Å². The molecule has 0 aliphatic rings. The number of benzene rings is 1. The van der Waals surface area contributed by atoms with E-state index in [1.165, 1.54) is 11.5 Å². The quantitative estimate of drug-likeness (QED) is 0.651. The molecule has 1 atom stereocenters. The Morgan fingerprint density at radius 3 is 2.43 bits per heavy atom. The van der Waals surface area contributed by atoms with Crippen LogP contribution in [0.5, 0.6) is 10.9 Å². The first kappa shape index (κ1) is 15.9. The van der Waals surface area contributed by atoms with Crippen LogP contribution in [0.25, 0.3) is 0 Å². The van der Waals surface area contributed by atoms with E-state index < -0.39 is 0 Å². The average Bonchev–Trinajstić information content (AvgIpc) is 3.05. The molecule has 118 valence electrons. The average molecular weight is 345 g/mol. The van der Waals surface area contributed by atoms with Crippen LogP contribution in [0.2, 0.25) is 0 Å². The second-order valence-corrected chi connectivity index (χ2v) is 6.52. The van der Waals surface area contributed by atoms with Crippen LogP contribution >= 0.6 is 23.3 Å². The van der Waals surface area contributed by atoms with E-state index in [1.54, 1.807) is 31.3 Å². The van der Waals surface area contributed by atoms with Crippen molar-refractivity contribution < 1.29 is 9.47 Å². The summed E-state index contributed by atoms with van der Waals surface area (Å²) in [5.41, 5.74) is 0. The van der Waals surface area contributed by atoms with Gasteiger partial charge in [0.1, 0.15) is 11.9 Å². The molecular formula is C16H15N3O2S2. The standard InChI is InChI=1S/C16H15N3O2S2/c1-11(20-2)15-18-16(23-19-15)21-12-3-5-13(6-4-12)22-14-7-9-17-10-8-14/h3-11H,1-2H3/t11-/m0/s1. The minimum absolute atomic E-state index is 0.136. The molecule has 2 heterocycles. The lowest BCUT2D eigenvalue weighted by Crippen LogP contribution is -1.97. The lowest BCUT2D eigenvalue weighted by Gasteiger charge is -2.04. The molecule has 0 aliphatic heterocycles. The number of hydrogen-bond donors (Lipinski definition) is 0. The van der Waals surface area contributed by atoms with Crippen molar-refractivity contribution in [3.63, 3.8) is 0 Å². The fourth-order valence-corrected chi connectivity index (χ4v) is 3.18. The van der Waals surface area contributed by atoms with Gasteiger partial charge in [-0.3, -0.25) is 4.98 Å². The van der Waals surface area contributed by atoms with Gasteiger partial charge in [-0.05, 0) is 43.3 Å². The Kier molecular flexibility index (Phi) is 5.22. The molecule has 0 spiro atoms.